The third kappa shape index (κ3) is 4.46. The van der Waals surface area contributed by atoms with Crippen molar-refractivity contribution in [1.82, 2.24) is 9.55 Å². The number of hydrogen-bond acceptors (Lipinski definition) is 6. The molecule has 8 nitrogen and oxygen atoms in total. The Balaban J connectivity index is 1.45. The highest BCUT2D eigenvalue weighted by Crippen LogP contribution is 2.17. The number of rotatable bonds is 4. The predicted molar refractivity (Wildman–Crippen MR) is 114 cm³/mol. The Morgan fingerprint density at radius 1 is 1.13 bits per heavy atom. The zero-order valence-electron chi connectivity index (χ0n) is 16.8. The molecule has 1 aromatic heterocycles. The van der Waals surface area contributed by atoms with Gasteiger partial charge in [-0.15, -0.1) is 0 Å². The fourth-order valence-electron chi connectivity index (χ4n) is 3.58. The highest BCUT2D eigenvalue weighted by atomic mass is 16.5. The molecular weight excluding hydrogens is 396 g/mol. The minimum Gasteiger partial charge on any atom is -0.452 e. The van der Waals surface area contributed by atoms with E-state index >= 15 is 0 Å². The number of amides is 1. The van der Waals surface area contributed by atoms with Gasteiger partial charge in [0.25, 0.3) is 11.5 Å². The minimum absolute atomic E-state index is 0.0939. The zero-order valence-corrected chi connectivity index (χ0v) is 16.8. The number of benzene rings is 2. The molecule has 31 heavy (non-hydrogen) atoms. The largest absolute Gasteiger partial charge is 0.452 e. The van der Waals surface area contributed by atoms with E-state index in [-0.39, 0.29) is 11.1 Å². The minimum atomic E-state index is -0.672. The standard InChI is InChI=1S/C23H20N4O4/c24-13-15-5-8-17(9-6-15)25-21(28)14-31-23(30)16-7-10-18-19(12-16)26-20-4-2-1-3-11-27(20)22(18)29/h5-10,12H,1-4,11,14H2,(H,25,28). The molecule has 156 valence electrons. The van der Waals surface area contributed by atoms with E-state index in [4.69, 9.17) is 10.00 Å². The quantitative estimate of drug-likeness (QED) is 0.654. The summed E-state index contributed by atoms with van der Waals surface area (Å²) in [5.41, 5.74) is 1.56. The monoisotopic (exact) mass is 416 g/mol. The number of ether oxygens (including phenoxy) is 1. The first-order valence-corrected chi connectivity index (χ1v) is 10.1. The van der Waals surface area contributed by atoms with Crippen molar-refractivity contribution in [3.63, 3.8) is 0 Å². The summed E-state index contributed by atoms with van der Waals surface area (Å²) in [5, 5.41) is 11.9. The van der Waals surface area contributed by atoms with E-state index in [1.807, 2.05) is 6.07 Å². The van der Waals surface area contributed by atoms with Crippen LogP contribution in [0.1, 0.15) is 41.0 Å². The predicted octanol–water partition coefficient (Wildman–Crippen LogP) is 2.79. The van der Waals surface area contributed by atoms with E-state index in [9.17, 15) is 14.4 Å². The molecular formula is C23H20N4O4. The Kier molecular flexibility index (Phi) is 5.76. The molecule has 3 aromatic rings. The molecule has 0 saturated carbocycles. The van der Waals surface area contributed by atoms with E-state index in [1.165, 1.54) is 12.1 Å². The van der Waals surface area contributed by atoms with Crippen LogP contribution < -0.4 is 10.9 Å². The van der Waals surface area contributed by atoms with Gasteiger partial charge in [-0.3, -0.25) is 14.2 Å². The lowest BCUT2D eigenvalue weighted by Crippen LogP contribution is -2.25. The van der Waals surface area contributed by atoms with Crippen molar-refractivity contribution >= 4 is 28.5 Å². The van der Waals surface area contributed by atoms with Crippen LogP contribution in [0.4, 0.5) is 5.69 Å². The third-order valence-corrected chi connectivity index (χ3v) is 5.18. The summed E-state index contributed by atoms with van der Waals surface area (Å²) < 4.78 is 6.83. The Morgan fingerprint density at radius 3 is 2.71 bits per heavy atom. The average molecular weight is 416 g/mol. The molecule has 1 aliphatic rings. The number of aryl methyl sites for hydroxylation is 1. The highest BCUT2D eigenvalue weighted by molar-refractivity contribution is 5.97. The van der Waals surface area contributed by atoms with Gasteiger partial charge < -0.3 is 10.1 Å². The van der Waals surface area contributed by atoms with Crippen molar-refractivity contribution in [1.29, 1.82) is 5.26 Å². The van der Waals surface area contributed by atoms with E-state index in [0.717, 1.165) is 31.5 Å². The lowest BCUT2D eigenvalue weighted by atomic mass is 10.1. The molecule has 1 aliphatic heterocycles. The average Bonchev–Trinajstić information content (AvgIpc) is 3.03. The summed E-state index contributed by atoms with van der Waals surface area (Å²) in [6.07, 6.45) is 3.72. The number of nitrogens with zero attached hydrogens (tertiary/aromatic N) is 3. The Labute approximate surface area is 178 Å². The SMILES string of the molecule is N#Cc1ccc(NC(=O)COC(=O)c2ccc3c(=O)n4c(nc3c2)CCCCC4)cc1. The molecule has 0 fully saturated rings. The third-order valence-electron chi connectivity index (χ3n) is 5.18. The maximum Gasteiger partial charge on any atom is 0.338 e. The molecule has 0 unspecified atom stereocenters. The molecule has 4 rings (SSSR count). The van der Waals surface area contributed by atoms with Gasteiger partial charge in [0, 0.05) is 18.7 Å². The molecule has 0 bridgehead atoms. The van der Waals surface area contributed by atoms with Crippen molar-refractivity contribution in [3.05, 3.63) is 69.8 Å². The summed E-state index contributed by atoms with van der Waals surface area (Å²) in [6.45, 7) is 0.201. The smallest absolute Gasteiger partial charge is 0.338 e. The molecule has 0 saturated heterocycles. The van der Waals surface area contributed by atoms with Gasteiger partial charge in [0.2, 0.25) is 0 Å². The van der Waals surface area contributed by atoms with Gasteiger partial charge in [-0.25, -0.2) is 9.78 Å². The van der Waals surface area contributed by atoms with Crippen molar-refractivity contribution < 1.29 is 14.3 Å². The molecule has 2 aromatic carbocycles. The summed E-state index contributed by atoms with van der Waals surface area (Å²) in [7, 11) is 0. The van der Waals surface area contributed by atoms with Crippen LogP contribution in [0.25, 0.3) is 10.9 Å². The van der Waals surface area contributed by atoms with Crippen LogP contribution in [-0.4, -0.2) is 28.0 Å². The fourth-order valence-corrected chi connectivity index (χ4v) is 3.58. The Morgan fingerprint density at radius 2 is 1.94 bits per heavy atom. The van der Waals surface area contributed by atoms with Gasteiger partial charge >= 0.3 is 5.97 Å². The van der Waals surface area contributed by atoms with Gasteiger partial charge in [-0.1, -0.05) is 6.42 Å². The van der Waals surface area contributed by atoms with Crippen LogP contribution >= 0.6 is 0 Å². The second kappa shape index (κ2) is 8.79. The number of fused-ring (bicyclic) bond motifs is 2. The number of aromatic nitrogens is 2. The maximum absolute atomic E-state index is 12.8. The molecule has 1 amide bonds. The number of hydrogen-bond donors (Lipinski definition) is 1. The van der Waals surface area contributed by atoms with Crippen LogP contribution in [0, 0.1) is 11.3 Å². The first-order valence-electron chi connectivity index (χ1n) is 10.1. The Bertz CT molecular complexity index is 1260. The fraction of sp³-hybridized carbons (Fsp3) is 0.261. The second-order valence-corrected chi connectivity index (χ2v) is 7.34. The van der Waals surface area contributed by atoms with Crippen LogP contribution in [0.5, 0.6) is 0 Å². The van der Waals surface area contributed by atoms with Crippen LogP contribution in [-0.2, 0) is 22.5 Å². The van der Waals surface area contributed by atoms with Gasteiger partial charge in [0.05, 0.1) is 28.1 Å². The summed E-state index contributed by atoms with van der Waals surface area (Å²) >= 11 is 0. The zero-order chi connectivity index (χ0) is 21.8. The normalized spacial score (nSPS) is 13.0. The van der Waals surface area contributed by atoms with Crippen molar-refractivity contribution in [2.75, 3.05) is 11.9 Å². The van der Waals surface area contributed by atoms with Gasteiger partial charge in [-0.2, -0.15) is 5.26 Å². The maximum atomic E-state index is 12.8. The van der Waals surface area contributed by atoms with Crippen LogP contribution in [0.15, 0.2) is 47.3 Å². The van der Waals surface area contributed by atoms with E-state index in [1.54, 1.807) is 34.9 Å². The van der Waals surface area contributed by atoms with E-state index in [0.29, 0.717) is 28.7 Å². The number of nitrogens with one attached hydrogen (secondary N) is 1. The second-order valence-electron chi connectivity index (χ2n) is 7.34. The molecule has 0 radical (unpaired) electrons. The first-order chi connectivity index (χ1) is 15.0. The molecule has 0 atom stereocenters. The molecule has 0 aliphatic carbocycles. The number of carbonyl (C=O) groups excluding carboxylic acids is 2. The van der Waals surface area contributed by atoms with Crippen molar-refractivity contribution in [2.45, 2.75) is 32.2 Å². The lowest BCUT2D eigenvalue weighted by Gasteiger charge is -2.11. The Hall–Kier alpha value is -3.99. The van der Waals surface area contributed by atoms with E-state index < -0.39 is 18.5 Å². The molecule has 1 N–H and O–H groups in total. The van der Waals surface area contributed by atoms with Gasteiger partial charge in [-0.05, 0) is 55.3 Å². The van der Waals surface area contributed by atoms with Crippen molar-refractivity contribution in [3.8, 4) is 6.07 Å². The topological polar surface area (TPSA) is 114 Å². The summed E-state index contributed by atoms with van der Waals surface area (Å²) in [6, 6.07) is 13.0. The van der Waals surface area contributed by atoms with Crippen molar-refractivity contribution in [2.24, 2.45) is 0 Å². The number of nitriles is 1. The van der Waals surface area contributed by atoms with Crippen LogP contribution in [0.3, 0.4) is 0 Å². The summed E-state index contributed by atoms with van der Waals surface area (Å²) in [5.74, 6) is -0.434. The van der Waals surface area contributed by atoms with Gasteiger partial charge in [0.1, 0.15) is 5.82 Å². The first kappa shape index (κ1) is 20.3. The van der Waals surface area contributed by atoms with Gasteiger partial charge in [0.15, 0.2) is 6.61 Å². The summed E-state index contributed by atoms with van der Waals surface area (Å²) in [4.78, 5) is 41.8. The number of anilines is 1. The molecule has 8 heteroatoms. The number of carbonyl (C=O) groups is 2. The van der Waals surface area contributed by atoms with Crippen LogP contribution in [0.2, 0.25) is 0 Å². The molecule has 0 spiro atoms. The number of esters is 1. The lowest BCUT2D eigenvalue weighted by molar-refractivity contribution is -0.119. The highest BCUT2D eigenvalue weighted by Gasteiger charge is 2.16. The van der Waals surface area contributed by atoms with E-state index in [2.05, 4.69) is 10.3 Å². The molecule has 2 heterocycles.